The van der Waals surface area contributed by atoms with Gasteiger partial charge in [-0.2, -0.15) is 0 Å². The summed E-state index contributed by atoms with van der Waals surface area (Å²) in [4.78, 5) is 17.6. The molecular formula is C17H31N3O. The van der Waals surface area contributed by atoms with E-state index in [1.807, 2.05) is 0 Å². The Hall–Kier alpha value is -0.610. The van der Waals surface area contributed by atoms with Gasteiger partial charge in [-0.3, -0.25) is 9.69 Å². The second kappa shape index (κ2) is 6.25. The van der Waals surface area contributed by atoms with E-state index in [-0.39, 0.29) is 5.54 Å². The highest BCUT2D eigenvalue weighted by Gasteiger charge is 2.41. The maximum atomic E-state index is 13.1. The van der Waals surface area contributed by atoms with Crippen LogP contribution in [0.4, 0.5) is 0 Å². The van der Waals surface area contributed by atoms with Crippen molar-refractivity contribution in [2.45, 2.75) is 51.5 Å². The number of hydrogen-bond acceptors (Lipinski definition) is 3. The van der Waals surface area contributed by atoms with Gasteiger partial charge in [-0.05, 0) is 38.5 Å². The van der Waals surface area contributed by atoms with Gasteiger partial charge < -0.3 is 10.2 Å². The lowest BCUT2D eigenvalue weighted by molar-refractivity contribution is -0.146. The molecule has 0 aromatic heterocycles. The number of carbonyl (C=O) groups is 1. The number of fused-ring (bicyclic) bond motifs is 1. The second-order valence-electron chi connectivity index (χ2n) is 7.64. The number of nitrogens with one attached hydrogen (secondary N) is 1. The number of hydrogen-bond donors (Lipinski definition) is 1. The Morgan fingerprint density at radius 3 is 2.38 bits per heavy atom. The molecule has 1 N–H and O–H groups in total. The van der Waals surface area contributed by atoms with Gasteiger partial charge in [-0.1, -0.05) is 19.3 Å². The van der Waals surface area contributed by atoms with Crippen LogP contribution in [0.1, 0.15) is 46.0 Å². The van der Waals surface area contributed by atoms with E-state index in [0.29, 0.717) is 5.91 Å². The first-order chi connectivity index (χ1) is 10.1. The molecule has 0 radical (unpaired) electrons. The minimum atomic E-state index is -0.344. The predicted octanol–water partition coefficient (Wildman–Crippen LogP) is 1.71. The van der Waals surface area contributed by atoms with Gasteiger partial charge in [0.1, 0.15) is 0 Å². The first kappa shape index (κ1) is 15.3. The number of nitrogens with zero attached hydrogens (tertiary/aromatic N) is 2. The van der Waals surface area contributed by atoms with Gasteiger partial charge >= 0.3 is 0 Å². The summed E-state index contributed by atoms with van der Waals surface area (Å²) in [5.41, 5.74) is -0.344. The number of rotatable bonds is 2. The van der Waals surface area contributed by atoms with E-state index in [1.54, 1.807) is 0 Å². The minimum absolute atomic E-state index is 0.344. The molecule has 4 nitrogen and oxygen atoms in total. The average molecular weight is 293 g/mol. The highest BCUT2D eigenvalue weighted by Crippen LogP contribution is 2.36. The number of piperidine rings is 1. The van der Waals surface area contributed by atoms with E-state index in [9.17, 15) is 4.79 Å². The fourth-order valence-electron chi connectivity index (χ4n) is 4.53. The van der Waals surface area contributed by atoms with Crippen LogP contribution in [0.5, 0.6) is 0 Å². The summed E-state index contributed by atoms with van der Waals surface area (Å²) < 4.78 is 0. The largest absolute Gasteiger partial charge is 0.341 e. The third-order valence-corrected chi connectivity index (χ3v) is 6.01. The topological polar surface area (TPSA) is 35.6 Å². The van der Waals surface area contributed by atoms with Crippen LogP contribution in [0.3, 0.4) is 0 Å². The summed E-state index contributed by atoms with van der Waals surface area (Å²) in [6, 6.07) is 0. The quantitative estimate of drug-likeness (QED) is 0.842. The molecule has 2 unspecified atom stereocenters. The normalized spacial score (nSPS) is 31.8. The zero-order chi connectivity index (χ0) is 14.9. The van der Waals surface area contributed by atoms with Gasteiger partial charge in [0.25, 0.3) is 0 Å². The molecule has 0 aromatic carbocycles. The Morgan fingerprint density at radius 1 is 1.00 bits per heavy atom. The first-order valence-corrected chi connectivity index (χ1v) is 8.84. The van der Waals surface area contributed by atoms with Gasteiger partial charge in [0.05, 0.1) is 5.54 Å². The number of carbonyl (C=O) groups excluding carboxylic acids is 1. The lowest BCUT2D eigenvalue weighted by atomic mass is 9.75. The molecule has 21 heavy (non-hydrogen) atoms. The number of piperazine rings is 1. The predicted molar refractivity (Wildman–Crippen MR) is 85.2 cm³/mol. The smallest absolute Gasteiger partial charge is 0.242 e. The van der Waals surface area contributed by atoms with Crippen LogP contribution in [-0.2, 0) is 4.79 Å². The molecule has 3 fully saturated rings. The number of amides is 1. The molecule has 0 aromatic rings. The summed E-state index contributed by atoms with van der Waals surface area (Å²) >= 11 is 0. The molecule has 1 saturated carbocycles. The summed E-state index contributed by atoms with van der Waals surface area (Å²) in [6.07, 6.45) is 6.73. The van der Waals surface area contributed by atoms with E-state index in [4.69, 9.17) is 0 Å². The van der Waals surface area contributed by atoms with Crippen LogP contribution in [-0.4, -0.2) is 60.5 Å². The van der Waals surface area contributed by atoms with E-state index in [2.05, 4.69) is 29.0 Å². The van der Waals surface area contributed by atoms with Crippen molar-refractivity contribution in [2.75, 3.05) is 39.3 Å². The Balaban J connectivity index is 1.63. The monoisotopic (exact) mass is 293 g/mol. The fourth-order valence-corrected chi connectivity index (χ4v) is 4.53. The molecular weight excluding hydrogens is 262 g/mol. The second-order valence-corrected chi connectivity index (χ2v) is 7.64. The molecule has 0 spiro atoms. The highest BCUT2D eigenvalue weighted by molar-refractivity contribution is 5.85. The van der Waals surface area contributed by atoms with Crippen LogP contribution in [0, 0.1) is 11.8 Å². The van der Waals surface area contributed by atoms with Crippen LogP contribution >= 0.6 is 0 Å². The zero-order valence-corrected chi connectivity index (χ0v) is 13.7. The molecule has 1 aliphatic carbocycles. The molecule has 2 heterocycles. The van der Waals surface area contributed by atoms with Crippen LogP contribution in [0.25, 0.3) is 0 Å². The maximum absolute atomic E-state index is 13.1. The van der Waals surface area contributed by atoms with Crippen molar-refractivity contribution in [3.63, 3.8) is 0 Å². The Kier molecular flexibility index (Phi) is 4.55. The van der Waals surface area contributed by atoms with Gasteiger partial charge in [0.15, 0.2) is 0 Å². The van der Waals surface area contributed by atoms with Crippen molar-refractivity contribution in [1.82, 2.24) is 15.1 Å². The van der Waals surface area contributed by atoms with E-state index < -0.39 is 0 Å². The molecule has 3 rings (SSSR count). The van der Waals surface area contributed by atoms with Crippen LogP contribution < -0.4 is 5.32 Å². The van der Waals surface area contributed by atoms with Gasteiger partial charge in [-0.15, -0.1) is 0 Å². The van der Waals surface area contributed by atoms with E-state index in [1.165, 1.54) is 32.1 Å². The molecule has 0 bridgehead atoms. The molecule has 3 aliphatic rings. The first-order valence-electron chi connectivity index (χ1n) is 8.84. The number of likely N-dealkylation sites (tertiary alicyclic amines) is 1. The van der Waals surface area contributed by atoms with E-state index in [0.717, 1.165) is 51.1 Å². The molecule has 120 valence electrons. The highest BCUT2D eigenvalue weighted by atomic mass is 16.2. The SMILES string of the molecule is CC(C)(C(=O)N1CCC2CCCCC2C1)N1CCNCC1. The van der Waals surface area contributed by atoms with Crippen molar-refractivity contribution < 1.29 is 4.79 Å². The summed E-state index contributed by atoms with van der Waals surface area (Å²) in [5.74, 6) is 2.02. The zero-order valence-electron chi connectivity index (χ0n) is 13.7. The fraction of sp³-hybridized carbons (Fsp3) is 0.941. The summed E-state index contributed by atoms with van der Waals surface area (Å²) in [7, 11) is 0. The third-order valence-electron chi connectivity index (χ3n) is 6.01. The molecule has 1 amide bonds. The van der Waals surface area contributed by atoms with Crippen molar-refractivity contribution in [2.24, 2.45) is 11.8 Å². The lowest BCUT2D eigenvalue weighted by Crippen LogP contribution is -2.62. The van der Waals surface area contributed by atoms with E-state index >= 15 is 0 Å². The summed E-state index contributed by atoms with van der Waals surface area (Å²) in [6.45, 7) is 10.2. The van der Waals surface area contributed by atoms with Crippen molar-refractivity contribution in [1.29, 1.82) is 0 Å². The van der Waals surface area contributed by atoms with Crippen molar-refractivity contribution in [3.05, 3.63) is 0 Å². The third kappa shape index (κ3) is 3.11. The molecule has 4 heteroatoms. The standard InChI is InChI=1S/C17H31N3O/c1-17(2,20-11-8-18-9-12-20)16(21)19-10-7-14-5-3-4-6-15(14)13-19/h14-15,18H,3-13H2,1-2H3. The van der Waals surface area contributed by atoms with Gasteiger partial charge in [0.2, 0.25) is 5.91 Å². The molecule has 2 aliphatic heterocycles. The Bertz CT molecular complexity index is 376. The minimum Gasteiger partial charge on any atom is -0.341 e. The Labute approximate surface area is 129 Å². The van der Waals surface area contributed by atoms with Crippen molar-refractivity contribution >= 4 is 5.91 Å². The summed E-state index contributed by atoms with van der Waals surface area (Å²) in [5, 5.41) is 3.38. The van der Waals surface area contributed by atoms with Crippen LogP contribution in [0.15, 0.2) is 0 Å². The van der Waals surface area contributed by atoms with Gasteiger partial charge in [-0.25, -0.2) is 0 Å². The van der Waals surface area contributed by atoms with Crippen molar-refractivity contribution in [3.8, 4) is 0 Å². The Morgan fingerprint density at radius 2 is 1.67 bits per heavy atom. The maximum Gasteiger partial charge on any atom is 0.242 e. The van der Waals surface area contributed by atoms with Crippen LogP contribution in [0.2, 0.25) is 0 Å². The molecule has 2 atom stereocenters. The molecule has 2 saturated heterocycles. The lowest BCUT2D eigenvalue weighted by Gasteiger charge is -2.46. The average Bonchev–Trinajstić information content (AvgIpc) is 2.54. The van der Waals surface area contributed by atoms with Gasteiger partial charge in [0, 0.05) is 39.3 Å².